The van der Waals surface area contributed by atoms with E-state index in [2.05, 4.69) is 27.3 Å². The second-order valence-corrected chi connectivity index (χ2v) is 7.49. The molecule has 138 valence electrons. The fraction of sp³-hybridized carbons (Fsp3) is 0.238. The maximum Gasteiger partial charge on any atom is 0.264 e. The first-order valence-corrected chi connectivity index (χ1v) is 9.79. The van der Waals surface area contributed by atoms with Gasteiger partial charge in [0, 0.05) is 18.8 Å². The molecule has 0 atom stereocenters. The van der Waals surface area contributed by atoms with Gasteiger partial charge in [-0.3, -0.25) is 4.79 Å². The summed E-state index contributed by atoms with van der Waals surface area (Å²) in [7, 11) is 0. The van der Waals surface area contributed by atoms with Gasteiger partial charge >= 0.3 is 0 Å². The highest BCUT2D eigenvalue weighted by atomic mass is 32.2. The largest absolute Gasteiger partial charge is 0.378 e. The zero-order chi connectivity index (χ0) is 18.6. The molecule has 0 radical (unpaired) electrons. The zero-order valence-corrected chi connectivity index (χ0v) is 16.0. The van der Waals surface area contributed by atoms with Gasteiger partial charge in [-0.25, -0.2) is 4.99 Å². The number of aryl methyl sites for hydroxylation is 1. The first-order chi connectivity index (χ1) is 13.2. The Morgan fingerprint density at radius 2 is 1.85 bits per heavy atom. The van der Waals surface area contributed by atoms with E-state index in [1.807, 2.05) is 49.4 Å². The molecule has 2 aromatic carbocycles. The summed E-state index contributed by atoms with van der Waals surface area (Å²) in [6, 6.07) is 16.2. The van der Waals surface area contributed by atoms with Gasteiger partial charge in [-0.15, -0.1) is 0 Å². The SMILES string of the molecule is Cc1ccccc1N=C1NC(=O)/C(=C/c2ccc(N3CCOCC3)cc2)S1. The number of amides is 1. The fourth-order valence-electron chi connectivity index (χ4n) is 3.03. The first-order valence-electron chi connectivity index (χ1n) is 8.97. The van der Waals surface area contributed by atoms with Crippen LogP contribution in [0.2, 0.25) is 0 Å². The van der Waals surface area contributed by atoms with Crippen molar-refractivity contribution in [3.63, 3.8) is 0 Å². The van der Waals surface area contributed by atoms with E-state index >= 15 is 0 Å². The van der Waals surface area contributed by atoms with Gasteiger partial charge in [-0.2, -0.15) is 0 Å². The number of morpholine rings is 1. The number of carbonyl (C=O) groups is 1. The van der Waals surface area contributed by atoms with E-state index in [0.717, 1.165) is 43.1 Å². The minimum Gasteiger partial charge on any atom is -0.378 e. The maximum absolute atomic E-state index is 12.3. The molecule has 2 aromatic rings. The van der Waals surface area contributed by atoms with Gasteiger partial charge in [-0.05, 0) is 54.1 Å². The van der Waals surface area contributed by atoms with Crippen molar-refractivity contribution in [1.82, 2.24) is 5.32 Å². The van der Waals surface area contributed by atoms with Crippen molar-refractivity contribution in [2.45, 2.75) is 6.92 Å². The molecule has 0 aromatic heterocycles. The van der Waals surface area contributed by atoms with Gasteiger partial charge < -0.3 is 15.0 Å². The second kappa shape index (κ2) is 7.98. The standard InChI is InChI=1S/C21H21N3O2S/c1-15-4-2-3-5-18(15)22-21-23-20(25)19(27-21)14-16-6-8-17(9-7-16)24-10-12-26-13-11-24/h2-9,14H,10-13H2,1H3,(H,22,23,25)/b19-14-. The number of nitrogens with zero attached hydrogens (tertiary/aromatic N) is 2. The summed E-state index contributed by atoms with van der Waals surface area (Å²) in [4.78, 5) is 19.8. The molecule has 0 bridgehead atoms. The summed E-state index contributed by atoms with van der Waals surface area (Å²) in [5, 5.41) is 3.46. The molecule has 4 rings (SSSR count). The summed E-state index contributed by atoms with van der Waals surface area (Å²) in [6.07, 6.45) is 1.91. The molecule has 27 heavy (non-hydrogen) atoms. The fourth-order valence-corrected chi connectivity index (χ4v) is 3.87. The Kier molecular flexibility index (Phi) is 5.27. The van der Waals surface area contributed by atoms with Crippen LogP contribution < -0.4 is 10.2 Å². The minimum absolute atomic E-state index is 0.107. The predicted molar refractivity (Wildman–Crippen MR) is 111 cm³/mol. The average Bonchev–Trinajstić information content (AvgIpc) is 3.04. The number of aliphatic imine (C=N–C) groups is 1. The number of nitrogens with one attached hydrogen (secondary N) is 1. The number of thioether (sulfide) groups is 1. The number of carbonyl (C=O) groups excluding carboxylic acids is 1. The molecule has 0 unspecified atom stereocenters. The normalized spacial score (nSPS) is 20.3. The van der Waals surface area contributed by atoms with Crippen LogP contribution in [0.5, 0.6) is 0 Å². The molecule has 2 saturated heterocycles. The average molecular weight is 379 g/mol. The Balaban J connectivity index is 1.49. The third-order valence-electron chi connectivity index (χ3n) is 4.56. The number of hydrogen-bond donors (Lipinski definition) is 1. The summed E-state index contributed by atoms with van der Waals surface area (Å²) >= 11 is 1.37. The van der Waals surface area contributed by atoms with Crippen molar-refractivity contribution in [2.75, 3.05) is 31.2 Å². The smallest absolute Gasteiger partial charge is 0.264 e. The molecular formula is C21H21N3O2S. The summed E-state index contributed by atoms with van der Waals surface area (Å²) in [6.45, 7) is 5.37. The van der Waals surface area contributed by atoms with Crippen molar-refractivity contribution in [3.05, 3.63) is 64.6 Å². The van der Waals surface area contributed by atoms with Gasteiger partial charge in [-0.1, -0.05) is 30.3 Å². The molecule has 0 saturated carbocycles. The van der Waals surface area contributed by atoms with E-state index in [-0.39, 0.29) is 5.91 Å². The Labute approximate surface area is 163 Å². The molecule has 0 aliphatic carbocycles. The number of anilines is 1. The topological polar surface area (TPSA) is 53.9 Å². The van der Waals surface area contributed by atoms with Crippen LogP contribution in [0.25, 0.3) is 6.08 Å². The zero-order valence-electron chi connectivity index (χ0n) is 15.1. The van der Waals surface area contributed by atoms with E-state index in [0.29, 0.717) is 10.1 Å². The lowest BCUT2D eigenvalue weighted by molar-refractivity contribution is -0.115. The van der Waals surface area contributed by atoms with E-state index in [9.17, 15) is 4.79 Å². The highest BCUT2D eigenvalue weighted by molar-refractivity contribution is 8.18. The molecule has 5 nitrogen and oxygen atoms in total. The van der Waals surface area contributed by atoms with Crippen molar-refractivity contribution >= 4 is 40.3 Å². The highest BCUT2D eigenvalue weighted by Crippen LogP contribution is 2.29. The van der Waals surface area contributed by atoms with E-state index in [4.69, 9.17) is 4.74 Å². The van der Waals surface area contributed by atoms with Crippen molar-refractivity contribution in [2.24, 2.45) is 4.99 Å². The molecular weight excluding hydrogens is 358 g/mol. The summed E-state index contributed by atoms with van der Waals surface area (Å²) in [5.41, 5.74) is 4.14. The van der Waals surface area contributed by atoms with Gasteiger partial charge in [0.05, 0.1) is 23.8 Å². The Bertz CT molecular complexity index is 900. The van der Waals surface area contributed by atoms with Gasteiger partial charge in [0.1, 0.15) is 0 Å². The maximum atomic E-state index is 12.3. The van der Waals surface area contributed by atoms with Crippen LogP contribution in [0.4, 0.5) is 11.4 Å². The number of amidine groups is 1. The first kappa shape index (κ1) is 17.8. The second-order valence-electron chi connectivity index (χ2n) is 6.46. The number of para-hydroxylation sites is 1. The number of rotatable bonds is 3. The van der Waals surface area contributed by atoms with E-state index < -0.39 is 0 Å². The highest BCUT2D eigenvalue weighted by Gasteiger charge is 2.24. The van der Waals surface area contributed by atoms with Crippen molar-refractivity contribution < 1.29 is 9.53 Å². The lowest BCUT2D eigenvalue weighted by atomic mass is 10.1. The van der Waals surface area contributed by atoms with E-state index in [1.165, 1.54) is 17.4 Å². The number of benzene rings is 2. The molecule has 2 heterocycles. The predicted octanol–water partition coefficient (Wildman–Crippen LogP) is 3.72. The Morgan fingerprint density at radius 3 is 2.59 bits per heavy atom. The van der Waals surface area contributed by atoms with Crippen LogP contribution in [-0.2, 0) is 9.53 Å². The molecule has 2 fully saturated rings. The lowest BCUT2D eigenvalue weighted by Gasteiger charge is -2.28. The van der Waals surface area contributed by atoms with Crippen LogP contribution in [0.15, 0.2) is 58.4 Å². The van der Waals surface area contributed by atoms with Gasteiger partial charge in [0.15, 0.2) is 5.17 Å². The number of hydrogen-bond acceptors (Lipinski definition) is 5. The van der Waals surface area contributed by atoms with Crippen molar-refractivity contribution in [1.29, 1.82) is 0 Å². The Morgan fingerprint density at radius 1 is 1.11 bits per heavy atom. The minimum atomic E-state index is -0.107. The molecule has 2 aliphatic rings. The molecule has 0 spiro atoms. The molecule has 6 heteroatoms. The van der Waals surface area contributed by atoms with Gasteiger partial charge in [0.25, 0.3) is 5.91 Å². The van der Waals surface area contributed by atoms with Crippen LogP contribution >= 0.6 is 11.8 Å². The molecule has 1 N–H and O–H groups in total. The van der Waals surface area contributed by atoms with Crippen molar-refractivity contribution in [3.8, 4) is 0 Å². The van der Waals surface area contributed by atoms with Crippen LogP contribution in [0, 0.1) is 6.92 Å². The number of ether oxygens (including phenoxy) is 1. The van der Waals surface area contributed by atoms with Crippen LogP contribution in [-0.4, -0.2) is 37.4 Å². The molecule has 1 amide bonds. The molecule has 2 aliphatic heterocycles. The summed E-state index contributed by atoms with van der Waals surface area (Å²) in [5.74, 6) is -0.107. The van der Waals surface area contributed by atoms with Crippen LogP contribution in [0.3, 0.4) is 0 Å². The van der Waals surface area contributed by atoms with Crippen LogP contribution in [0.1, 0.15) is 11.1 Å². The van der Waals surface area contributed by atoms with Gasteiger partial charge in [0.2, 0.25) is 0 Å². The quantitative estimate of drug-likeness (QED) is 0.826. The third-order valence-corrected chi connectivity index (χ3v) is 5.47. The third kappa shape index (κ3) is 4.23. The van der Waals surface area contributed by atoms with E-state index in [1.54, 1.807) is 0 Å². The Hall–Kier alpha value is -2.57. The summed E-state index contributed by atoms with van der Waals surface area (Å²) < 4.78 is 5.40. The lowest BCUT2D eigenvalue weighted by Crippen LogP contribution is -2.36. The monoisotopic (exact) mass is 379 g/mol.